The van der Waals surface area contributed by atoms with Gasteiger partial charge in [-0.15, -0.1) is 0 Å². The van der Waals surface area contributed by atoms with Crippen molar-refractivity contribution in [2.75, 3.05) is 31.3 Å². The molecule has 14 heteroatoms. The van der Waals surface area contributed by atoms with Gasteiger partial charge in [0, 0.05) is 48.3 Å². The molecule has 6 rings (SSSR count). The number of anilines is 1. The maximum absolute atomic E-state index is 14.8. The molecule has 50 heavy (non-hydrogen) atoms. The first kappa shape index (κ1) is 34.5. The molecule has 0 radical (unpaired) electrons. The zero-order valence-electron chi connectivity index (χ0n) is 27.5. The first-order chi connectivity index (χ1) is 23.6. The Balaban J connectivity index is 1.66. The van der Waals surface area contributed by atoms with E-state index >= 15 is 0 Å². The number of furan rings is 1. The van der Waals surface area contributed by atoms with Crippen molar-refractivity contribution in [1.29, 1.82) is 0 Å². The molecule has 2 heterocycles. The number of hydrogen-bond acceptors (Lipinski definition) is 7. The van der Waals surface area contributed by atoms with Crippen LogP contribution in [-0.2, 0) is 10.0 Å². The van der Waals surface area contributed by atoms with Crippen molar-refractivity contribution >= 4 is 43.7 Å². The number of nitrogens with one attached hydrogen (secondary N) is 1. The molecule has 0 aliphatic rings. The van der Waals surface area contributed by atoms with Crippen LogP contribution in [-0.4, -0.2) is 51.9 Å². The average molecular weight is 710 g/mol. The molecule has 9 nitrogen and oxygen atoms in total. The number of aromatic nitrogens is 1. The second-order valence-electron chi connectivity index (χ2n) is 12.2. The van der Waals surface area contributed by atoms with Crippen molar-refractivity contribution in [1.82, 2.24) is 10.3 Å². The molecule has 0 spiro atoms. The Bertz CT molecular complexity index is 2380. The molecule has 1 amide bonds. The minimum Gasteiger partial charge on any atom is -0.496 e. The van der Waals surface area contributed by atoms with Gasteiger partial charge in [0.1, 0.15) is 39.9 Å². The van der Waals surface area contributed by atoms with E-state index in [1.165, 1.54) is 58.3 Å². The molecular formula is C36H31F4N3O6S. The van der Waals surface area contributed by atoms with Gasteiger partial charge in [0.25, 0.3) is 5.91 Å². The number of amides is 1. The van der Waals surface area contributed by atoms with Crippen molar-refractivity contribution in [3.63, 3.8) is 0 Å². The van der Waals surface area contributed by atoms with Crippen LogP contribution in [0.3, 0.4) is 0 Å². The zero-order valence-corrected chi connectivity index (χ0v) is 28.3. The molecule has 2 aromatic heterocycles. The summed E-state index contributed by atoms with van der Waals surface area (Å²) in [6, 6.07) is 14.7. The summed E-state index contributed by atoms with van der Waals surface area (Å²) >= 11 is 0. The molecule has 260 valence electrons. The number of carbonyl (C=O) groups excluding carboxylic acids is 1. The predicted molar refractivity (Wildman–Crippen MR) is 182 cm³/mol. The Hall–Kier alpha value is -5.37. The summed E-state index contributed by atoms with van der Waals surface area (Å²) in [5, 5.41) is 2.88. The monoisotopic (exact) mass is 709 g/mol. The second kappa shape index (κ2) is 12.8. The lowest BCUT2D eigenvalue weighted by Gasteiger charge is -2.27. The third-order valence-electron chi connectivity index (χ3n) is 8.10. The number of oxazole rings is 1. The van der Waals surface area contributed by atoms with E-state index in [0.29, 0.717) is 22.6 Å². The van der Waals surface area contributed by atoms with E-state index in [4.69, 9.17) is 13.6 Å². The SMILES string of the molecule is CNC(=O)c1c(-c2ccc(F)cc2)oc2cc(N(CCC(C)(C)F)S(C)(=O)=O)c(-c3ccc(OC)c(-c4nc5c(F)cc(F)cc5o4)c3)cc12. The number of sulfonamides is 1. The normalized spacial score (nSPS) is 12.1. The minimum absolute atomic E-state index is 0.0916. The molecule has 0 fully saturated rings. The number of ether oxygens (including phenoxy) is 1. The molecule has 4 aromatic carbocycles. The van der Waals surface area contributed by atoms with Crippen LogP contribution in [0.2, 0.25) is 0 Å². The van der Waals surface area contributed by atoms with Crippen molar-refractivity contribution < 1.29 is 44.3 Å². The molecule has 1 N–H and O–H groups in total. The highest BCUT2D eigenvalue weighted by Gasteiger charge is 2.29. The first-order valence-electron chi connectivity index (χ1n) is 15.3. The Morgan fingerprint density at radius 3 is 2.26 bits per heavy atom. The van der Waals surface area contributed by atoms with Gasteiger partial charge in [0.15, 0.2) is 11.4 Å². The van der Waals surface area contributed by atoms with Gasteiger partial charge in [-0.2, -0.15) is 0 Å². The fraction of sp³-hybridized carbons (Fsp3) is 0.222. The standard InChI is InChI=1S/C36H31F4N3O6S/c1-36(2,40)12-13-43(50(5,45)46)27-18-29-24(31(34(44)41-3)33(48-29)19-6-9-21(37)10-7-19)17-23(27)20-8-11-28(47-4)25(14-20)35-42-32-26(39)15-22(38)16-30(32)49-35/h6-11,14-18H,12-13H2,1-5H3,(H,41,44). The van der Waals surface area contributed by atoms with Crippen LogP contribution in [0.25, 0.3) is 56.0 Å². The molecular weight excluding hydrogens is 678 g/mol. The summed E-state index contributed by atoms with van der Waals surface area (Å²) in [6.07, 6.45) is 0.818. The molecule has 6 aromatic rings. The minimum atomic E-state index is -4.05. The van der Waals surface area contributed by atoms with Crippen molar-refractivity contribution in [2.45, 2.75) is 25.9 Å². The maximum Gasteiger partial charge on any atom is 0.255 e. The summed E-state index contributed by atoms with van der Waals surface area (Å²) in [6.45, 7) is 2.41. The number of rotatable bonds is 10. The highest BCUT2D eigenvalue weighted by atomic mass is 32.2. The molecule has 0 saturated heterocycles. The van der Waals surface area contributed by atoms with E-state index in [-0.39, 0.29) is 69.4 Å². The fourth-order valence-electron chi connectivity index (χ4n) is 5.67. The summed E-state index contributed by atoms with van der Waals surface area (Å²) in [4.78, 5) is 17.6. The third-order valence-corrected chi connectivity index (χ3v) is 9.28. The van der Waals surface area contributed by atoms with E-state index in [1.807, 2.05) is 0 Å². The van der Waals surface area contributed by atoms with E-state index < -0.39 is 39.1 Å². The summed E-state index contributed by atoms with van der Waals surface area (Å²) in [5.74, 6) is -2.59. The predicted octanol–water partition coefficient (Wildman–Crippen LogP) is 8.26. The van der Waals surface area contributed by atoms with Crippen molar-refractivity contribution in [3.8, 4) is 39.7 Å². The lowest BCUT2D eigenvalue weighted by Crippen LogP contribution is -2.34. The zero-order chi connectivity index (χ0) is 36.1. The van der Waals surface area contributed by atoms with E-state index in [9.17, 15) is 30.8 Å². The van der Waals surface area contributed by atoms with Crippen molar-refractivity contribution in [3.05, 3.63) is 89.7 Å². The number of methoxy groups -OCH3 is 1. The Morgan fingerprint density at radius 2 is 1.62 bits per heavy atom. The molecule has 0 saturated carbocycles. The van der Waals surface area contributed by atoms with E-state index in [0.717, 1.165) is 16.6 Å². The third kappa shape index (κ3) is 6.62. The smallest absolute Gasteiger partial charge is 0.255 e. The van der Waals surface area contributed by atoms with Crippen molar-refractivity contribution in [2.24, 2.45) is 0 Å². The Labute approximate surface area is 284 Å². The molecule has 0 aliphatic heterocycles. The summed E-state index contributed by atoms with van der Waals surface area (Å²) < 4.78 is 102. The summed E-state index contributed by atoms with van der Waals surface area (Å²) in [5.41, 5.74) is -0.531. The van der Waals surface area contributed by atoms with Crippen LogP contribution < -0.4 is 14.4 Å². The summed E-state index contributed by atoms with van der Waals surface area (Å²) in [7, 11) is -1.23. The molecule has 0 bridgehead atoms. The van der Waals surface area contributed by atoms with Gasteiger partial charge in [-0.1, -0.05) is 6.07 Å². The van der Waals surface area contributed by atoms with Crippen LogP contribution in [0.1, 0.15) is 30.6 Å². The highest BCUT2D eigenvalue weighted by Crippen LogP contribution is 2.44. The number of alkyl halides is 1. The molecule has 0 unspecified atom stereocenters. The number of carbonyl (C=O) groups is 1. The topological polar surface area (TPSA) is 115 Å². The highest BCUT2D eigenvalue weighted by molar-refractivity contribution is 7.92. The van der Waals surface area contributed by atoms with Crippen LogP contribution in [0.15, 0.2) is 75.6 Å². The lowest BCUT2D eigenvalue weighted by atomic mass is 9.96. The maximum atomic E-state index is 14.8. The van der Waals surface area contributed by atoms with Crippen LogP contribution >= 0.6 is 0 Å². The van der Waals surface area contributed by atoms with Crippen LogP contribution in [0, 0.1) is 17.5 Å². The van der Waals surface area contributed by atoms with Crippen LogP contribution in [0.4, 0.5) is 23.2 Å². The number of fused-ring (bicyclic) bond motifs is 2. The van der Waals surface area contributed by atoms with Crippen LogP contribution in [0.5, 0.6) is 5.75 Å². The fourth-order valence-corrected chi connectivity index (χ4v) is 6.60. The number of hydrogen-bond donors (Lipinski definition) is 1. The largest absolute Gasteiger partial charge is 0.496 e. The molecule has 0 atom stereocenters. The Morgan fingerprint density at radius 1 is 0.920 bits per heavy atom. The first-order valence-corrected chi connectivity index (χ1v) is 17.1. The van der Waals surface area contributed by atoms with E-state index in [1.54, 1.807) is 24.3 Å². The second-order valence-corrected chi connectivity index (χ2v) is 14.1. The van der Waals surface area contributed by atoms with Gasteiger partial charge >= 0.3 is 0 Å². The number of nitrogens with zero attached hydrogens (tertiary/aromatic N) is 2. The van der Waals surface area contributed by atoms with Gasteiger partial charge in [-0.3, -0.25) is 9.10 Å². The lowest BCUT2D eigenvalue weighted by molar-refractivity contribution is 0.0964. The average Bonchev–Trinajstić information content (AvgIpc) is 3.65. The van der Waals surface area contributed by atoms with Gasteiger partial charge in [0.2, 0.25) is 15.9 Å². The van der Waals surface area contributed by atoms with Gasteiger partial charge in [-0.05, 0) is 68.3 Å². The van der Waals surface area contributed by atoms with E-state index in [2.05, 4.69) is 10.3 Å². The number of benzene rings is 4. The van der Waals surface area contributed by atoms with Gasteiger partial charge in [0.05, 0.1) is 30.2 Å². The Kier molecular flexibility index (Phi) is 8.85. The van der Waals surface area contributed by atoms with Gasteiger partial charge in [-0.25, -0.2) is 31.0 Å². The quantitative estimate of drug-likeness (QED) is 0.143. The van der Waals surface area contributed by atoms with Gasteiger partial charge < -0.3 is 18.9 Å². The number of halogens is 4. The molecule has 0 aliphatic carbocycles.